The Kier molecular flexibility index (Phi) is 9.66. The van der Waals surface area contributed by atoms with Crippen LogP contribution in [0.25, 0.3) is 0 Å². The Morgan fingerprint density at radius 2 is 1.75 bits per heavy atom. The Morgan fingerprint density at radius 1 is 1.06 bits per heavy atom. The molecule has 4 rings (SSSR count). The molecule has 1 saturated carbocycles. The van der Waals surface area contributed by atoms with Gasteiger partial charge in [-0.05, 0) is 31.9 Å². The van der Waals surface area contributed by atoms with Crippen LogP contribution in [0.15, 0.2) is 27.8 Å². The number of piperazine rings is 1. The van der Waals surface area contributed by atoms with Gasteiger partial charge in [0.2, 0.25) is 0 Å². The van der Waals surface area contributed by atoms with Gasteiger partial charge in [-0.3, -0.25) is 14.7 Å². The van der Waals surface area contributed by atoms with Crippen molar-refractivity contribution in [1.29, 1.82) is 0 Å². The average molecular weight is 559 g/mol. The molecule has 8 nitrogen and oxygen atoms in total. The van der Waals surface area contributed by atoms with Gasteiger partial charge in [-0.2, -0.15) is 0 Å². The number of morpholine rings is 1. The van der Waals surface area contributed by atoms with Crippen LogP contribution in [0.5, 0.6) is 0 Å². The van der Waals surface area contributed by atoms with Crippen molar-refractivity contribution in [3.63, 3.8) is 0 Å². The van der Waals surface area contributed by atoms with Crippen molar-refractivity contribution < 1.29 is 13.9 Å². The van der Waals surface area contributed by atoms with E-state index in [1.807, 2.05) is 4.90 Å². The van der Waals surface area contributed by atoms with Gasteiger partial charge in [0.25, 0.3) is 5.91 Å². The molecule has 0 bridgehead atoms. The summed E-state index contributed by atoms with van der Waals surface area (Å²) < 4.78 is 10.9. The van der Waals surface area contributed by atoms with Crippen LogP contribution in [0.3, 0.4) is 0 Å². The van der Waals surface area contributed by atoms with E-state index < -0.39 is 0 Å². The first kappa shape index (κ1) is 25.3. The molecular weight excluding hydrogens is 521 g/mol. The third-order valence-corrected chi connectivity index (χ3v) is 6.92. The minimum Gasteiger partial charge on any atom is -0.459 e. The number of aliphatic imine (C=N–C) groups is 1. The van der Waals surface area contributed by atoms with Gasteiger partial charge in [-0.25, -0.2) is 0 Å². The van der Waals surface area contributed by atoms with Crippen LogP contribution in [-0.2, 0) is 4.74 Å². The van der Waals surface area contributed by atoms with Crippen molar-refractivity contribution in [3.05, 3.63) is 24.2 Å². The molecule has 1 aliphatic carbocycles. The Balaban J connectivity index is 0.00000289. The van der Waals surface area contributed by atoms with Crippen molar-refractivity contribution in [3.8, 4) is 0 Å². The van der Waals surface area contributed by atoms with E-state index in [1.54, 1.807) is 18.4 Å². The maximum atomic E-state index is 12.6. The van der Waals surface area contributed by atoms with Crippen molar-refractivity contribution >= 4 is 35.8 Å². The molecule has 3 heterocycles. The lowest BCUT2D eigenvalue weighted by Crippen LogP contribution is -2.57. The highest BCUT2D eigenvalue weighted by molar-refractivity contribution is 14.0. The third kappa shape index (κ3) is 5.96. The summed E-state index contributed by atoms with van der Waals surface area (Å²) in [5.74, 6) is 1.37. The first-order valence-corrected chi connectivity index (χ1v) is 11.9. The quantitative estimate of drug-likeness (QED) is 0.340. The maximum Gasteiger partial charge on any atom is 0.289 e. The lowest BCUT2D eigenvalue weighted by molar-refractivity contribution is -0.0334. The molecule has 0 radical (unpaired) electrons. The molecule has 180 valence electrons. The first-order chi connectivity index (χ1) is 15.2. The number of nitrogens with zero attached hydrogens (tertiary/aromatic N) is 4. The highest BCUT2D eigenvalue weighted by Crippen LogP contribution is 2.34. The molecular formula is C23H38IN5O3. The summed E-state index contributed by atoms with van der Waals surface area (Å²) in [6.07, 6.45) is 7.91. The number of carbonyl (C=O) groups excluding carboxylic acids is 1. The number of furan rings is 1. The van der Waals surface area contributed by atoms with Crippen LogP contribution in [0, 0.1) is 0 Å². The Labute approximate surface area is 208 Å². The van der Waals surface area contributed by atoms with E-state index in [0.29, 0.717) is 18.8 Å². The number of hydrogen-bond acceptors (Lipinski definition) is 5. The first-order valence-electron chi connectivity index (χ1n) is 11.9. The second kappa shape index (κ2) is 12.2. The molecule has 1 N–H and O–H groups in total. The Morgan fingerprint density at radius 3 is 2.38 bits per heavy atom. The summed E-state index contributed by atoms with van der Waals surface area (Å²) in [4.78, 5) is 24.5. The fraction of sp³-hybridized carbons (Fsp3) is 0.739. The fourth-order valence-corrected chi connectivity index (χ4v) is 5.15. The van der Waals surface area contributed by atoms with Gasteiger partial charge in [-0.1, -0.05) is 19.3 Å². The van der Waals surface area contributed by atoms with Crippen LogP contribution >= 0.6 is 24.0 Å². The van der Waals surface area contributed by atoms with E-state index in [1.165, 1.54) is 32.1 Å². The number of nitrogens with one attached hydrogen (secondary N) is 1. The fourth-order valence-electron chi connectivity index (χ4n) is 5.15. The minimum absolute atomic E-state index is 0. The highest BCUT2D eigenvalue weighted by atomic mass is 127. The normalized spacial score (nSPS) is 22.3. The van der Waals surface area contributed by atoms with Crippen LogP contribution in [-0.4, -0.2) is 97.7 Å². The van der Waals surface area contributed by atoms with Gasteiger partial charge >= 0.3 is 0 Å². The van der Waals surface area contributed by atoms with E-state index >= 15 is 0 Å². The van der Waals surface area contributed by atoms with Crippen molar-refractivity contribution in [2.24, 2.45) is 4.99 Å². The Bertz CT molecular complexity index is 722. The number of hydrogen-bond donors (Lipinski definition) is 1. The maximum absolute atomic E-state index is 12.6. The summed E-state index contributed by atoms with van der Waals surface area (Å²) >= 11 is 0. The van der Waals surface area contributed by atoms with Crippen molar-refractivity contribution in [2.75, 3.05) is 65.6 Å². The predicted molar refractivity (Wildman–Crippen MR) is 136 cm³/mol. The topological polar surface area (TPSA) is 73.6 Å². The molecule has 32 heavy (non-hydrogen) atoms. The number of guanidine groups is 1. The van der Waals surface area contributed by atoms with Gasteiger partial charge < -0.3 is 24.3 Å². The van der Waals surface area contributed by atoms with Crippen LogP contribution in [0.4, 0.5) is 0 Å². The second-order valence-electron chi connectivity index (χ2n) is 8.81. The molecule has 3 fully saturated rings. The Hall–Kier alpha value is -1.33. The summed E-state index contributed by atoms with van der Waals surface area (Å²) in [6, 6.07) is 3.49. The van der Waals surface area contributed by atoms with E-state index in [9.17, 15) is 4.79 Å². The van der Waals surface area contributed by atoms with Crippen LogP contribution < -0.4 is 5.32 Å². The molecule has 9 heteroatoms. The molecule has 2 aliphatic heterocycles. The van der Waals surface area contributed by atoms with Gasteiger partial charge in [0.05, 0.1) is 26.0 Å². The number of carbonyl (C=O) groups is 1. The monoisotopic (exact) mass is 559 g/mol. The summed E-state index contributed by atoms with van der Waals surface area (Å²) in [7, 11) is 0. The lowest BCUT2D eigenvalue weighted by atomic mass is 9.80. The van der Waals surface area contributed by atoms with Gasteiger partial charge in [0.15, 0.2) is 11.7 Å². The van der Waals surface area contributed by atoms with E-state index in [-0.39, 0.29) is 35.4 Å². The molecule has 3 aliphatic rings. The SMILES string of the molecule is CCNC(=NCC1(N2CCOCC2)CCCCC1)N1CCN(C(=O)c2ccco2)CC1.I. The third-order valence-electron chi connectivity index (χ3n) is 6.92. The summed E-state index contributed by atoms with van der Waals surface area (Å²) in [6.45, 7) is 10.4. The number of halogens is 1. The second-order valence-corrected chi connectivity index (χ2v) is 8.81. The van der Waals surface area contributed by atoms with Gasteiger partial charge in [0, 0.05) is 51.4 Å². The summed E-state index contributed by atoms with van der Waals surface area (Å²) in [5, 5.41) is 3.49. The van der Waals surface area contributed by atoms with Gasteiger partial charge in [-0.15, -0.1) is 24.0 Å². The molecule has 0 atom stereocenters. The molecule has 1 amide bonds. The molecule has 0 unspecified atom stereocenters. The zero-order chi connectivity index (χ0) is 21.5. The van der Waals surface area contributed by atoms with E-state index in [4.69, 9.17) is 14.1 Å². The lowest BCUT2D eigenvalue weighted by Gasteiger charge is -2.47. The zero-order valence-electron chi connectivity index (χ0n) is 19.3. The van der Waals surface area contributed by atoms with E-state index in [0.717, 1.165) is 58.4 Å². The highest BCUT2D eigenvalue weighted by Gasteiger charge is 2.38. The largest absolute Gasteiger partial charge is 0.459 e. The van der Waals surface area contributed by atoms with Crippen molar-refractivity contribution in [1.82, 2.24) is 20.0 Å². The number of rotatable bonds is 5. The van der Waals surface area contributed by atoms with Gasteiger partial charge in [0.1, 0.15) is 0 Å². The molecule has 0 spiro atoms. The standard InChI is InChI=1S/C23H37N5O3.HI/c1-2-24-22(27-12-10-26(11-13-27)21(29)20-7-6-16-31-20)25-19-23(8-4-3-5-9-23)28-14-17-30-18-15-28;/h6-7,16H,2-5,8-15,17-19H2,1H3,(H,24,25);1H. The molecule has 2 saturated heterocycles. The van der Waals surface area contributed by atoms with E-state index in [2.05, 4.69) is 22.0 Å². The summed E-state index contributed by atoms with van der Waals surface area (Å²) in [5.41, 5.74) is 0.166. The molecule has 1 aromatic rings. The zero-order valence-corrected chi connectivity index (χ0v) is 21.6. The molecule has 0 aromatic carbocycles. The predicted octanol–water partition coefficient (Wildman–Crippen LogP) is 2.66. The van der Waals surface area contributed by atoms with Crippen LogP contribution in [0.2, 0.25) is 0 Å². The molecule has 1 aromatic heterocycles. The number of ether oxygens (including phenoxy) is 1. The van der Waals surface area contributed by atoms with Crippen LogP contribution in [0.1, 0.15) is 49.6 Å². The smallest absolute Gasteiger partial charge is 0.289 e. The average Bonchev–Trinajstić information content (AvgIpc) is 3.38. The van der Waals surface area contributed by atoms with Crippen molar-refractivity contribution in [2.45, 2.75) is 44.6 Å². The minimum atomic E-state index is -0.0277. The number of amides is 1.